The molecule has 1 aromatic carbocycles. The van der Waals surface area contributed by atoms with Crippen molar-refractivity contribution < 1.29 is 14.6 Å². The van der Waals surface area contributed by atoms with Crippen LogP contribution >= 0.6 is 0 Å². The molecule has 4 nitrogen and oxygen atoms in total. The van der Waals surface area contributed by atoms with Crippen molar-refractivity contribution in [2.24, 2.45) is 0 Å². The third kappa shape index (κ3) is 2.45. The monoisotopic (exact) mass is 233 g/mol. The quantitative estimate of drug-likeness (QED) is 0.862. The van der Waals surface area contributed by atoms with E-state index in [-0.39, 0.29) is 0 Å². The molecule has 0 aliphatic carbocycles. The van der Waals surface area contributed by atoms with Crippen LogP contribution in [-0.2, 0) is 14.9 Å². The van der Waals surface area contributed by atoms with Gasteiger partial charge in [0.1, 0.15) is 0 Å². The van der Waals surface area contributed by atoms with Gasteiger partial charge in [0.25, 0.3) is 0 Å². The standard InChI is InChI=1S/C13H15NO3/c1-13(2,11(17-3)12(15)16)10-7-5-4-6-9(10)8-14/h4-7,11H,1-3H3,(H,15,16). The number of nitriles is 1. The predicted molar refractivity (Wildman–Crippen MR) is 62.6 cm³/mol. The van der Waals surface area contributed by atoms with E-state index >= 15 is 0 Å². The average molecular weight is 233 g/mol. The molecular weight excluding hydrogens is 218 g/mol. The zero-order valence-corrected chi connectivity index (χ0v) is 10.1. The molecule has 0 saturated heterocycles. The molecule has 0 bridgehead atoms. The van der Waals surface area contributed by atoms with E-state index in [1.54, 1.807) is 38.1 Å². The summed E-state index contributed by atoms with van der Waals surface area (Å²) in [5.41, 5.74) is 0.380. The second kappa shape index (κ2) is 4.98. The molecule has 0 saturated carbocycles. The molecule has 90 valence electrons. The number of carbonyl (C=O) groups is 1. The topological polar surface area (TPSA) is 70.3 Å². The van der Waals surface area contributed by atoms with Gasteiger partial charge in [0, 0.05) is 12.5 Å². The number of rotatable bonds is 4. The van der Waals surface area contributed by atoms with E-state index in [0.29, 0.717) is 11.1 Å². The zero-order chi connectivity index (χ0) is 13.1. The largest absolute Gasteiger partial charge is 0.479 e. The van der Waals surface area contributed by atoms with Crippen molar-refractivity contribution in [3.63, 3.8) is 0 Å². The molecule has 17 heavy (non-hydrogen) atoms. The maximum Gasteiger partial charge on any atom is 0.333 e. The van der Waals surface area contributed by atoms with Crippen LogP contribution in [-0.4, -0.2) is 24.3 Å². The lowest BCUT2D eigenvalue weighted by Gasteiger charge is -2.31. The summed E-state index contributed by atoms with van der Waals surface area (Å²) in [5, 5.41) is 18.2. The van der Waals surface area contributed by atoms with Gasteiger partial charge < -0.3 is 9.84 Å². The average Bonchev–Trinajstić information content (AvgIpc) is 2.29. The molecule has 0 heterocycles. The van der Waals surface area contributed by atoms with Gasteiger partial charge in [-0.05, 0) is 11.6 Å². The number of hydrogen-bond acceptors (Lipinski definition) is 3. The summed E-state index contributed by atoms with van der Waals surface area (Å²) >= 11 is 0. The summed E-state index contributed by atoms with van der Waals surface area (Å²) in [5.74, 6) is -1.04. The fraction of sp³-hybridized carbons (Fsp3) is 0.385. The molecule has 1 atom stereocenters. The first-order valence-electron chi connectivity index (χ1n) is 5.20. The molecule has 0 amide bonds. The van der Waals surface area contributed by atoms with Crippen LogP contribution in [0.5, 0.6) is 0 Å². The Hall–Kier alpha value is -1.86. The van der Waals surface area contributed by atoms with Crippen molar-refractivity contribution in [3.8, 4) is 6.07 Å². The minimum Gasteiger partial charge on any atom is -0.479 e. The van der Waals surface area contributed by atoms with E-state index in [1.807, 2.05) is 0 Å². The van der Waals surface area contributed by atoms with Crippen LogP contribution in [0.2, 0.25) is 0 Å². The highest BCUT2D eigenvalue weighted by atomic mass is 16.5. The van der Waals surface area contributed by atoms with E-state index < -0.39 is 17.5 Å². The first kappa shape index (κ1) is 13.2. The van der Waals surface area contributed by atoms with Crippen LogP contribution in [0.25, 0.3) is 0 Å². The second-order valence-electron chi connectivity index (χ2n) is 4.33. The van der Waals surface area contributed by atoms with Crippen LogP contribution < -0.4 is 0 Å². The van der Waals surface area contributed by atoms with Gasteiger partial charge in [-0.2, -0.15) is 5.26 Å². The molecule has 0 aliphatic rings. The summed E-state index contributed by atoms with van der Waals surface area (Å²) in [6, 6.07) is 9.04. The summed E-state index contributed by atoms with van der Waals surface area (Å²) in [6.45, 7) is 3.51. The first-order valence-corrected chi connectivity index (χ1v) is 5.20. The van der Waals surface area contributed by atoms with Gasteiger partial charge in [0.2, 0.25) is 0 Å². The predicted octanol–water partition coefficient (Wildman–Crippen LogP) is 1.94. The summed E-state index contributed by atoms with van der Waals surface area (Å²) in [6.07, 6.45) is -0.989. The molecule has 0 aromatic heterocycles. The maximum atomic E-state index is 11.1. The molecule has 1 unspecified atom stereocenters. The summed E-state index contributed by atoms with van der Waals surface area (Å²) in [4.78, 5) is 11.1. The molecule has 1 aromatic rings. The number of benzene rings is 1. The van der Waals surface area contributed by atoms with Crippen molar-refractivity contribution in [2.45, 2.75) is 25.4 Å². The third-order valence-corrected chi connectivity index (χ3v) is 2.86. The Morgan fingerprint density at radius 2 is 2.06 bits per heavy atom. The van der Waals surface area contributed by atoms with Crippen molar-refractivity contribution in [1.82, 2.24) is 0 Å². The van der Waals surface area contributed by atoms with Crippen molar-refractivity contribution in [2.75, 3.05) is 7.11 Å². The lowest BCUT2D eigenvalue weighted by Crippen LogP contribution is -2.41. The Balaban J connectivity index is 3.30. The van der Waals surface area contributed by atoms with Gasteiger partial charge in [-0.1, -0.05) is 32.0 Å². The van der Waals surface area contributed by atoms with Crippen molar-refractivity contribution in [1.29, 1.82) is 5.26 Å². The van der Waals surface area contributed by atoms with Crippen LogP contribution in [0.15, 0.2) is 24.3 Å². The highest BCUT2D eigenvalue weighted by Crippen LogP contribution is 2.31. The van der Waals surface area contributed by atoms with Gasteiger partial charge >= 0.3 is 5.97 Å². The zero-order valence-electron chi connectivity index (χ0n) is 10.1. The van der Waals surface area contributed by atoms with Crippen LogP contribution in [0.1, 0.15) is 25.0 Å². The lowest BCUT2D eigenvalue weighted by molar-refractivity contribution is -0.152. The number of hydrogen-bond donors (Lipinski definition) is 1. The van der Waals surface area contributed by atoms with Gasteiger partial charge in [-0.15, -0.1) is 0 Å². The van der Waals surface area contributed by atoms with Crippen LogP contribution in [0.3, 0.4) is 0 Å². The lowest BCUT2D eigenvalue weighted by atomic mass is 9.77. The summed E-state index contributed by atoms with van der Waals surface area (Å²) < 4.78 is 5.02. The maximum absolute atomic E-state index is 11.1. The van der Waals surface area contributed by atoms with E-state index in [2.05, 4.69) is 6.07 Å². The minimum atomic E-state index is -1.04. The number of nitrogens with zero attached hydrogens (tertiary/aromatic N) is 1. The normalized spacial score (nSPS) is 12.8. The van der Waals surface area contributed by atoms with Gasteiger partial charge in [0.05, 0.1) is 11.6 Å². The molecule has 1 N–H and O–H groups in total. The smallest absolute Gasteiger partial charge is 0.333 e. The van der Waals surface area contributed by atoms with Crippen LogP contribution in [0, 0.1) is 11.3 Å². The number of methoxy groups -OCH3 is 1. The molecule has 0 aliphatic heterocycles. The van der Waals surface area contributed by atoms with E-state index in [1.165, 1.54) is 7.11 Å². The molecule has 4 heteroatoms. The van der Waals surface area contributed by atoms with Gasteiger partial charge in [0.15, 0.2) is 6.10 Å². The van der Waals surface area contributed by atoms with E-state index in [0.717, 1.165) is 0 Å². The fourth-order valence-corrected chi connectivity index (χ4v) is 1.99. The Kier molecular flexibility index (Phi) is 3.87. The van der Waals surface area contributed by atoms with Gasteiger partial charge in [-0.25, -0.2) is 4.79 Å². The molecule has 0 spiro atoms. The fourth-order valence-electron chi connectivity index (χ4n) is 1.99. The second-order valence-corrected chi connectivity index (χ2v) is 4.33. The van der Waals surface area contributed by atoms with Crippen LogP contribution in [0.4, 0.5) is 0 Å². The Labute approximate surface area is 100 Å². The van der Waals surface area contributed by atoms with Crippen molar-refractivity contribution in [3.05, 3.63) is 35.4 Å². The number of carboxylic acids is 1. The molecule has 0 fully saturated rings. The molecule has 1 rings (SSSR count). The number of carboxylic acid groups (broad SMARTS) is 1. The Morgan fingerprint density at radius 1 is 1.47 bits per heavy atom. The minimum absolute atomic E-state index is 0.473. The molecular formula is C13H15NO3. The highest BCUT2D eigenvalue weighted by Gasteiger charge is 2.38. The SMILES string of the molecule is COC(C(=O)O)C(C)(C)c1ccccc1C#N. The van der Waals surface area contributed by atoms with E-state index in [4.69, 9.17) is 15.1 Å². The third-order valence-electron chi connectivity index (χ3n) is 2.86. The summed E-state index contributed by atoms with van der Waals surface area (Å²) in [7, 11) is 1.36. The number of aliphatic carboxylic acids is 1. The first-order chi connectivity index (χ1) is 7.95. The Morgan fingerprint density at radius 3 is 2.53 bits per heavy atom. The highest BCUT2D eigenvalue weighted by molar-refractivity contribution is 5.75. The van der Waals surface area contributed by atoms with E-state index in [9.17, 15) is 4.79 Å². The van der Waals surface area contributed by atoms with Crippen molar-refractivity contribution >= 4 is 5.97 Å². The Bertz CT molecular complexity index is 460. The number of ether oxygens (including phenoxy) is 1. The molecule has 0 radical (unpaired) electrons. The van der Waals surface area contributed by atoms with Gasteiger partial charge in [-0.3, -0.25) is 0 Å².